The molecular formula is C19H20FN5. The topological polar surface area (TPSA) is 67.9 Å². The first-order valence-corrected chi connectivity index (χ1v) is 8.00. The Hall–Kier alpha value is -3.02. The van der Waals surface area contributed by atoms with Crippen molar-refractivity contribution in [1.29, 1.82) is 0 Å². The molecule has 0 aliphatic carbocycles. The van der Waals surface area contributed by atoms with Gasteiger partial charge >= 0.3 is 0 Å². The molecule has 0 spiro atoms. The van der Waals surface area contributed by atoms with Crippen molar-refractivity contribution in [3.05, 3.63) is 70.9 Å². The Balaban J connectivity index is 2.11. The van der Waals surface area contributed by atoms with E-state index in [1.165, 1.54) is 12.1 Å². The van der Waals surface area contributed by atoms with Gasteiger partial charge in [0.15, 0.2) is 0 Å². The molecule has 0 aliphatic rings. The van der Waals surface area contributed by atoms with E-state index in [0.29, 0.717) is 18.3 Å². The van der Waals surface area contributed by atoms with Crippen LogP contribution in [0.2, 0.25) is 0 Å². The summed E-state index contributed by atoms with van der Waals surface area (Å²) >= 11 is 0. The second-order valence-electron chi connectivity index (χ2n) is 5.96. The number of pyridine rings is 1. The summed E-state index contributed by atoms with van der Waals surface area (Å²) < 4.78 is 13.5. The van der Waals surface area contributed by atoms with E-state index in [0.717, 1.165) is 28.2 Å². The van der Waals surface area contributed by atoms with E-state index in [1.54, 1.807) is 12.3 Å². The maximum atomic E-state index is 13.5. The first-order valence-electron chi connectivity index (χ1n) is 8.00. The molecule has 0 atom stereocenters. The first kappa shape index (κ1) is 16.8. The van der Waals surface area contributed by atoms with Crippen molar-refractivity contribution in [3.8, 4) is 0 Å². The minimum atomic E-state index is -0.278. The van der Waals surface area contributed by atoms with Crippen LogP contribution in [0.1, 0.15) is 22.5 Å². The number of aryl methyl sites for hydroxylation is 2. The number of hydrogen-bond acceptors (Lipinski definition) is 5. The molecule has 2 N–H and O–H groups in total. The van der Waals surface area contributed by atoms with Crippen LogP contribution in [0.4, 0.5) is 21.8 Å². The molecule has 0 saturated heterocycles. The van der Waals surface area contributed by atoms with Crippen molar-refractivity contribution in [1.82, 2.24) is 15.0 Å². The van der Waals surface area contributed by atoms with Gasteiger partial charge in [-0.25, -0.2) is 9.37 Å². The van der Waals surface area contributed by atoms with Crippen molar-refractivity contribution in [2.24, 2.45) is 0 Å². The predicted molar refractivity (Wildman–Crippen MR) is 97.1 cm³/mol. The molecule has 0 bridgehead atoms. The zero-order chi connectivity index (χ0) is 18.0. The molecule has 25 heavy (non-hydrogen) atoms. The molecule has 0 aliphatic heterocycles. The lowest BCUT2D eigenvalue weighted by Crippen LogP contribution is -2.22. The number of anilines is 3. The lowest BCUT2D eigenvalue weighted by atomic mass is 10.1. The van der Waals surface area contributed by atoms with Gasteiger partial charge in [0, 0.05) is 23.1 Å². The summed E-state index contributed by atoms with van der Waals surface area (Å²) in [5.74, 6) is 0.633. The van der Waals surface area contributed by atoms with E-state index in [4.69, 9.17) is 5.73 Å². The summed E-state index contributed by atoms with van der Waals surface area (Å²) in [4.78, 5) is 15.3. The highest BCUT2D eigenvalue weighted by Crippen LogP contribution is 2.29. The summed E-state index contributed by atoms with van der Waals surface area (Å²) in [5, 5.41) is 0. The number of nitrogens with zero attached hydrogens (tertiary/aromatic N) is 4. The smallest absolute Gasteiger partial charge is 0.232 e. The van der Waals surface area contributed by atoms with E-state index in [-0.39, 0.29) is 5.82 Å². The van der Waals surface area contributed by atoms with Crippen LogP contribution in [0.5, 0.6) is 0 Å². The van der Waals surface area contributed by atoms with Gasteiger partial charge in [0.25, 0.3) is 0 Å². The van der Waals surface area contributed by atoms with Gasteiger partial charge < -0.3 is 10.6 Å². The van der Waals surface area contributed by atoms with Gasteiger partial charge in [0.1, 0.15) is 11.6 Å². The van der Waals surface area contributed by atoms with Gasteiger partial charge in [-0.3, -0.25) is 4.98 Å². The number of rotatable bonds is 4. The summed E-state index contributed by atoms with van der Waals surface area (Å²) in [6, 6.07) is 10.4. The fourth-order valence-corrected chi connectivity index (χ4v) is 2.60. The van der Waals surface area contributed by atoms with Crippen LogP contribution in [0.25, 0.3) is 0 Å². The molecule has 0 unspecified atom stereocenters. The van der Waals surface area contributed by atoms with Gasteiger partial charge in [0.05, 0.1) is 12.2 Å². The number of nitrogen functional groups attached to an aromatic ring is 1. The third kappa shape index (κ3) is 3.57. The van der Waals surface area contributed by atoms with Crippen molar-refractivity contribution in [2.75, 3.05) is 10.6 Å². The van der Waals surface area contributed by atoms with E-state index in [1.807, 2.05) is 43.9 Å². The van der Waals surface area contributed by atoms with Gasteiger partial charge in [-0.1, -0.05) is 6.07 Å². The largest absolute Gasteiger partial charge is 0.383 e. The highest BCUT2D eigenvalue weighted by Gasteiger charge is 2.18. The van der Waals surface area contributed by atoms with Crippen molar-refractivity contribution in [3.63, 3.8) is 0 Å². The molecule has 0 fully saturated rings. The maximum Gasteiger partial charge on any atom is 0.232 e. The second kappa shape index (κ2) is 6.84. The summed E-state index contributed by atoms with van der Waals surface area (Å²) in [5.41, 5.74) is 10.2. The van der Waals surface area contributed by atoms with Crippen molar-refractivity contribution in [2.45, 2.75) is 27.3 Å². The van der Waals surface area contributed by atoms with E-state index < -0.39 is 0 Å². The summed E-state index contributed by atoms with van der Waals surface area (Å²) in [6.07, 6.45) is 1.74. The normalized spacial score (nSPS) is 10.7. The molecule has 3 aromatic rings. The van der Waals surface area contributed by atoms with Gasteiger partial charge in [0.2, 0.25) is 5.95 Å². The van der Waals surface area contributed by atoms with E-state index >= 15 is 0 Å². The molecule has 5 nitrogen and oxygen atoms in total. The molecule has 1 aromatic carbocycles. The third-order valence-corrected chi connectivity index (χ3v) is 4.15. The lowest BCUT2D eigenvalue weighted by molar-refractivity contribution is 0.626. The minimum Gasteiger partial charge on any atom is -0.383 e. The zero-order valence-electron chi connectivity index (χ0n) is 14.5. The third-order valence-electron chi connectivity index (χ3n) is 4.15. The van der Waals surface area contributed by atoms with Crippen molar-refractivity contribution < 1.29 is 4.39 Å². The Morgan fingerprint density at radius 3 is 2.52 bits per heavy atom. The molecule has 3 rings (SSSR count). The van der Waals surface area contributed by atoms with Crippen LogP contribution in [0.15, 0.2) is 42.6 Å². The van der Waals surface area contributed by atoms with Gasteiger partial charge in [-0.15, -0.1) is 0 Å². The van der Waals surface area contributed by atoms with Crippen molar-refractivity contribution >= 4 is 17.5 Å². The van der Waals surface area contributed by atoms with Gasteiger partial charge in [-0.2, -0.15) is 4.98 Å². The SMILES string of the molecule is Cc1cc(F)ccc1N(Cc1ccccn1)c1nc(C)c(C)c(N)n1. The number of halogens is 1. The Morgan fingerprint density at radius 1 is 1.08 bits per heavy atom. The van der Waals surface area contributed by atoms with E-state index in [9.17, 15) is 4.39 Å². The monoisotopic (exact) mass is 337 g/mol. The molecule has 2 aromatic heterocycles. The molecule has 0 amide bonds. The average molecular weight is 337 g/mol. The van der Waals surface area contributed by atoms with E-state index in [2.05, 4.69) is 15.0 Å². The number of hydrogen-bond donors (Lipinski definition) is 1. The van der Waals surface area contributed by atoms with Crippen LogP contribution in [0, 0.1) is 26.6 Å². The predicted octanol–water partition coefficient (Wildman–Crippen LogP) is 3.86. The lowest BCUT2D eigenvalue weighted by Gasteiger charge is -2.25. The zero-order valence-corrected chi connectivity index (χ0v) is 14.5. The van der Waals surface area contributed by atoms with Crippen LogP contribution < -0.4 is 10.6 Å². The highest BCUT2D eigenvalue weighted by atomic mass is 19.1. The van der Waals surface area contributed by atoms with Crippen LogP contribution >= 0.6 is 0 Å². The summed E-state index contributed by atoms with van der Waals surface area (Å²) in [7, 11) is 0. The molecule has 128 valence electrons. The average Bonchev–Trinajstić information content (AvgIpc) is 2.59. The number of aromatic nitrogens is 3. The highest BCUT2D eigenvalue weighted by molar-refractivity contribution is 5.63. The second-order valence-corrected chi connectivity index (χ2v) is 5.96. The molecular weight excluding hydrogens is 317 g/mol. The maximum absolute atomic E-state index is 13.5. The van der Waals surface area contributed by atoms with Crippen LogP contribution in [0.3, 0.4) is 0 Å². The Morgan fingerprint density at radius 2 is 1.88 bits per heavy atom. The molecule has 6 heteroatoms. The van der Waals surface area contributed by atoms with Gasteiger partial charge in [-0.05, 0) is 56.7 Å². The van der Waals surface area contributed by atoms with Crippen LogP contribution in [-0.4, -0.2) is 15.0 Å². The fourth-order valence-electron chi connectivity index (χ4n) is 2.60. The summed E-state index contributed by atoms with van der Waals surface area (Å²) in [6.45, 7) is 6.09. The molecule has 2 heterocycles. The quantitative estimate of drug-likeness (QED) is 0.783. The Labute approximate surface area is 146 Å². The Bertz CT molecular complexity index is 873. The number of nitrogens with two attached hydrogens (primary N) is 1. The standard InChI is InChI=1S/C19H20FN5/c1-12-10-15(20)7-8-17(12)25(11-16-6-4-5-9-22-16)19-23-14(3)13(2)18(21)24-19/h4-10H,11H2,1-3H3,(H2,21,23,24). The molecule has 0 saturated carbocycles. The number of benzene rings is 1. The first-order chi connectivity index (χ1) is 12.0. The minimum absolute atomic E-state index is 0.278. The van der Waals surface area contributed by atoms with Crippen LogP contribution in [-0.2, 0) is 6.54 Å². The Kier molecular flexibility index (Phi) is 4.61. The molecule has 0 radical (unpaired) electrons. The fraction of sp³-hybridized carbons (Fsp3) is 0.211.